The number of fused-ring (bicyclic) bond motifs is 1. The first kappa shape index (κ1) is 18.4. The van der Waals surface area contributed by atoms with Crippen molar-refractivity contribution in [1.82, 2.24) is 19.5 Å². The van der Waals surface area contributed by atoms with Crippen molar-refractivity contribution in [2.24, 2.45) is 0 Å². The summed E-state index contributed by atoms with van der Waals surface area (Å²) in [5.74, 6) is 0.0808. The molecule has 1 aromatic carbocycles. The Morgan fingerprint density at radius 2 is 1.96 bits per heavy atom. The molecule has 0 radical (unpaired) electrons. The van der Waals surface area contributed by atoms with Crippen molar-refractivity contribution in [2.45, 2.75) is 31.1 Å². The van der Waals surface area contributed by atoms with Crippen LogP contribution in [0.3, 0.4) is 0 Å². The van der Waals surface area contributed by atoms with Crippen LogP contribution in [0.4, 0.5) is 11.9 Å². The number of hydrogen-bond acceptors (Lipinski definition) is 9. The number of rotatable bonds is 5. The topological polar surface area (TPSA) is 172 Å². The molecule has 0 saturated carbocycles. The third-order valence-electron chi connectivity index (χ3n) is 4.63. The average molecular weight is 388 g/mol. The minimum Gasteiger partial charge on any atom is -0.394 e. The van der Waals surface area contributed by atoms with E-state index in [0.717, 1.165) is 5.56 Å². The number of imidazole rings is 1. The van der Waals surface area contributed by atoms with E-state index in [-0.39, 0.29) is 23.1 Å². The van der Waals surface area contributed by atoms with Gasteiger partial charge in [0.1, 0.15) is 18.3 Å². The second kappa shape index (κ2) is 7.20. The van der Waals surface area contributed by atoms with E-state index in [4.69, 9.17) is 10.5 Å². The number of anilines is 2. The molecule has 11 nitrogen and oxygen atoms in total. The number of benzene rings is 1. The van der Waals surface area contributed by atoms with Gasteiger partial charge in [-0.2, -0.15) is 4.98 Å². The molecule has 0 aliphatic carbocycles. The van der Waals surface area contributed by atoms with E-state index in [1.165, 1.54) is 4.57 Å². The molecular weight excluding hydrogens is 368 g/mol. The number of aliphatic hydroxyl groups is 3. The lowest BCUT2D eigenvalue weighted by Gasteiger charge is -2.19. The van der Waals surface area contributed by atoms with Gasteiger partial charge in [-0.25, -0.2) is 4.98 Å². The van der Waals surface area contributed by atoms with Crippen molar-refractivity contribution < 1.29 is 20.1 Å². The SMILES string of the molecule is Nc1nc2c(nc(NCc3ccccc3)n2[C@@H]2O[C@H](CO)[C@@H](O)[C@@H]2O)c(=O)[nH]1. The van der Waals surface area contributed by atoms with Gasteiger partial charge < -0.3 is 31.1 Å². The number of H-pyrrole nitrogens is 1. The van der Waals surface area contributed by atoms with Gasteiger partial charge in [-0.15, -0.1) is 0 Å². The van der Waals surface area contributed by atoms with Gasteiger partial charge in [0.2, 0.25) is 11.9 Å². The Bertz CT molecular complexity index is 1040. The Kier molecular flexibility index (Phi) is 4.73. The molecule has 2 aromatic heterocycles. The van der Waals surface area contributed by atoms with Crippen molar-refractivity contribution in [1.29, 1.82) is 0 Å². The summed E-state index contributed by atoms with van der Waals surface area (Å²) in [5, 5.41) is 33.0. The summed E-state index contributed by atoms with van der Waals surface area (Å²) >= 11 is 0. The first-order valence-electron chi connectivity index (χ1n) is 8.67. The quantitative estimate of drug-likeness (QED) is 0.318. The number of nitrogens with one attached hydrogen (secondary N) is 2. The van der Waals surface area contributed by atoms with E-state index in [0.29, 0.717) is 6.54 Å². The fourth-order valence-corrected chi connectivity index (χ4v) is 3.24. The van der Waals surface area contributed by atoms with Crippen LogP contribution in [0.25, 0.3) is 11.2 Å². The zero-order valence-corrected chi connectivity index (χ0v) is 14.7. The monoisotopic (exact) mass is 388 g/mol. The normalized spacial score (nSPS) is 24.7. The van der Waals surface area contributed by atoms with Crippen LogP contribution in [0.2, 0.25) is 0 Å². The number of nitrogens with two attached hydrogens (primary N) is 1. The zero-order chi connectivity index (χ0) is 19.8. The molecule has 0 spiro atoms. The Morgan fingerprint density at radius 1 is 1.21 bits per heavy atom. The average Bonchev–Trinajstić information content (AvgIpc) is 3.18. The molecule has 3 aromatic rings. The lowest BCUT2D eigenvalue weighted by Crippen LogP contribution is -2.33. The molecule has 28 heavy (non-hydrogen) atoms. The highest BCUT2D eigenvalue weighted by Gasteiger charge is 2.45. The molecule has 1 aliphatic rings. The molecule has 1 saturated heterocycles. The molecule has 0 bridgehead atoms. The largest absolute Gasteiger partial charge is 0.394 e. The highest BCUT2D eigenvalue weighted by molar-refractivity contribution is 5.74. The van der Waals surface area contributed by atoms with Crippen molar-refractivity contribution in [3.63, 3.8) is 0 Å². The number of ether oxygens (including phenoxy) is 1. The van der Waals surface area contributed by atoms with Gasteiger partial charge in [0, 0.05) is 6.54 Å². The summed E-state index contributed by atoms with van der Waals surface area (Å²) in [6.07, 6.45) is -4.79. The van der Waals surface area contributed by atoms with E-state index >= 15 is 0 Å². The summed E-state index contributed by atoms with van der Waals surface area (Å²) in [4.78, 5) is 23.0. The van der Waals surface area contributed by atoms with Crippen LogP contribution in [-0.4, -0.2) is 59.8 Å². The second-order valence-electron chi connectivity index (χ2n) is 6.50. The molecule has 0 amide bonds. The van der Waals surface area contributed by atoms with Crippen LogP contribution in [0.5, 0.6) is 0 Å². The van der Waals surface area contributed by atoms with Crippen LogP contribution in [-0.2, 0) is 11.3 Å². The second-order valence-corrected chi connectivity index (χ2v) is 6.50. The number of aliphatic hydroxyl groups excluding tert-OH is 3. The first-order valence-corrected chi connectivity index (χ1v) is 8.67. The Labute approximate surface area is 158 Å². The van der Waals surface area contributed by atoms with Crippen LogP contribution >= 0.6 is 0 Å². The summed E-state index contributed by atoms with van der Waals surface area (Å²) in [7, 11) is 0. The molecule has 1 aliphatic heterocycles. The number of aromatic nitrogens is 4. The third-order valence-corrected chi connectivity index (χ3v) is 4.63. The molecule has 0 unspecified atom stereocenters. The molecular formula is C17H20N6O5. The van der Waals surface area contributed by atoms with Crippen molar-refractivity contribution in [2.75, 3.05) is 17.7 Å². The molecule has 3 heterocycles. The summed E-state index contributed by atoms with van der Waals surface area (Å²) < 4.78 is 6.97. The van der Waals surface area contributed by atoms with Crippen LogP contribution < -0.4 is 16.6 Å². The van der Waals surface area contributed by atoms with Gasteiger partial charge in [-0.3, -0.25) is 14.3 Å². The highest BCUT2D eigenvalue weighted by atomic mass is 16.6. The van der Waals surface area contributed by atoms with Gasteiger partial charge >= 0.3 is 0 Å². The number of nitrogens with zero attached hydrogens (tertiary/aromatic N) is 3. The van der Waals surface area contributed by atoms with E-state index in [9.17, 15) is 20.1 Å². The minimum atomic E-state index is -1.37. The Morgan fingerprint density at radius 3 is 2.64 bits per heavy atom. The predicted molar refractivity (Wildman–Crippen MR) is 99.3 cm³/mol. The fraction of sp³-hybridized carbons (Fsp3) is 0.353. The van der Waals surface area contributed by atoms with Gasteiger partial charge in [0.05, 0.1) is 6.61 Å². The van der Waals surface area contributed by atoms with Crippen molar-refractivity contribution >= 4 is 23.1 Å². The molecule has 4 rings (SSSR count). The molecule has 11 heteroatoms. The first-order chi connectivity index (χ1) is 13.5. The van der Waals surface area contributed by atoms with E-state index in [1.54, 1.807) is 0 Å². The minimum absolute atomic E-state index is 0.00231. The molecule has 1 fully saturated rings. The maximum Gasteiger partial charge on any atom is 0.280 e. The third kappa shape index (κ3) is 3.10. The Hall–Kier alpha value is -2.99. The van der Waals surface area contributed by atoms with E-state index in [2.05, 4.69) is 20.3 Å². The van der Waals surface area contributed by atoms with Crippen LogP contribution in [0.1, 0.15) is 11.8 Å². The van der Waals surface area contributed by atoms with Gasteiger partial charge in [-0.05, 0) is 5.56 Å². The summed E-state index contributed by atoms with van der Waals surface area (Å²) in [6, 6.07) is 9.49. The summed E-state index contributed by atoms with van der Waals surface area (Å²) in [6.45, 7) is -0.101. The zero-order valence-electron chi connectivity index (χ0n) is 14.7. The van der Waals surface area contributed by atoms with Gasteiger partial charge in [0.15, 0.2) is 17.4 Å². The van der Waals surface area contributed by atoms with E-state index in [1.807, 2.05) is 30.3 Å². The number of hydrogen-bond donors (Lipinski definition) is 6. The van der Waals surface area contributed by atoms with Crippen molar-refractivity contribution in [3.8, 4) is 0 Å². The molecule has 7 N–H and O–H groups in total. The van der Waals surface area contributed by atoms with Crippen molar-refractivity contribution in [3.05, 3.63) is 46.2 Å². The molecule has 4 atom stereocenters. The van der Waals surface area contributed by atoms with Gasteiger partial charge in [-0.1, -0.05) is 30.3 Å². The Balaban J connectivity index is 1.79. The fourth-order valence-electron chi connectivity index (χ4n) is 3.24. The lowest BCUT2D eigenvalue weighted by molar-refractivity contribution is -0.0501. The van der Waals surface area contributed by atoms with Gasteiger partial charge in [0.25, 0.3) is 5.56 Å². The highest BCUT2D eigenvalue weighted by Crippen LogP contribution is 2.34. The van der Waals surface area contributed by atoms with Crippen LogP contribution in [0, 0.1) is 0 Å². The number of aromatic amines is 1. The lowest BCUT2D eigenvalue weighted by atomic mass is 10.1. The number of nitrogen functional groups attached to an aromatic ring is 1. The predicted octanol–water partition coefficient (Wildman–Crippen LogP) is -1.07. The smallest absolute Gasteiger partial charge is 0.280 e. The maximum absolute atomic E-state index is 12.2. The summed E-state index contributed by atoms with van der Waals surface area (Å²) in [5.41, 5.74) is 6.17. The van der Waals surface area contributed by atoms with Crippen LogP contribution in [0.15, 0.2) is 35.1 Å². The maximum atomic E-state index is 12.2. The standard InChI is InChI=1S/C17H20N6O5/c18-16-21-13-10(14(27)22-16)20-17(19-6-8-4-2-1-3-5-8)23(13)15-12(26)11(25)9(7-24)28-15/h1-5,9,11-12,15,24-26H,6-7H2,(H,19,20)(H3,18,21,22,27)/t9-,11-,12+,15-/m1/s1. The molecule has 148 valence electrons. The van der Waals surface area contributed by atoms with E-state index < -0.39 is 36.7 Å².